The Kier molecular flexibility index (Phi) is 4.62. The van der Waals surface area contributed by atoms with Gasteiger partial charge in [0.25, 0.3) is 0 Å². The van der Waals surface area contributed by atoms with E-state index >= 15 is 0 Å². The summed E-state index contributed by atoms with van der Waals surface area (Å²) >= 11 is 0. The molecular formula is C11H20N4O2. The first-order valence-electron chi connectivity index (χ1n) is 5.66. The van der Waals surface area contributed by atoms with Crippen LogP contribution in [0.4, 0.5) is 0 Å². The molecule has 0 fully saturated rings. The zero-order valence-electron chi connectivity index (χ0n) is 10.8. The zero-order valence-corrected chi connectivity index (χ0v) is 10.8. The molecule has 6 nitrogen and oxygen atoms in total. The van der Waals surface area contributed by atoms with Crippen molar-refractivity contribution < 1.29 is 9.53 Å². The van der Waals surface area contributed by atoms with Crippen molar-refractivity contribution >= 4 is 5.97 Å². The average Bonchev–Trinajstić information content (AvgIpc) is 2.77. The third-order valence-corrected chi connectivity index (χ3v) is 2.55. The molecule has 6 heteroatoms. The number of aromatic nitrogens is 3. The molecule has 1 unspecified atom stereocenters. The van der Waals surface area contributed by atoms with Crippen LogP contribution in [0.2, 0.25) is 0 Å². The Morgan fingerprint density at radius 1 is 1.59 bits per heavy atom. The van der Waals surface area contributed by atoms with Crippen LogP contribution in [-0.4, -0.2) is 39.4 Å². The van der Waals surface area contributed by atoms with E-state index in [-0.39, 0.29) is 12.0 Å². The monoisotopic (exact) mass is 240 g/mol. The molecule has 1 aromatic heterocycles. The molecule has 1 heterocycles. The molecule has 0 amide bonds. The summed E-state index contributed by atoms with van der Waals surface area (Å²) in [5.74, 6) is -0.258. The van der Waals surface area contributed by atoms with Gasteiger partial charge < -0.3 is 4.74 Å². The second-order valence-electron chi connectivity index (χ2n) is 4.53. The number of aryl methyl sites for hydroxylation is 1. The third kappa shape index (κ3) is 3.81. The number of nitrogens with zero attached hydrogens (tertiary/aromatic N) is 3. The zero-order chi connectivity index (χ0) is 12.9. The Labute approximate surface area is 101 Å². The van der Waals surface area contributed by atoms with Gasteiger partial charge in [0.15, 0.2) is 0 Å². The van der Waals surface area contributed by atoms with Crippen molar-refractivity contribution in [3.05, 3.63) is 12.7 Å². The highest BCUT2D eigenvalue weighted by Gasteiger charge is 2.34. The average molecular weight is 240 g/mol. The molecule has 0 radical (unpaired) electrons. The standard InChI is InChI=1S/C11H20N4O2/c1-9(2)14-11(3,10(16)17-4)5-6-15-8-12-7-13-15/h7-9,14H,5-6H2,1-4H3. The fraction of sp³-hybridized carbons (Fsp3) is 0.727. The van der Waals surface area contributed by atoms with Crippen LogP contribution in [0.1, 0.15) is 27.2 Å². The number of rotatable bonds is 6. The molecule has 1 aromatic rings. The van der Waals surface area contributed by atoms with E-state index in [1.165, 1.54) is 13.4 Å². The topological polar surface area (TPSA) is 69.0 Å². The minimum atomic E-state index is -0.700. The molecule has 0 saturated heterocycles. The van der Waals surface area contributed by atoms with E-state index in [1.54, 1.807) is 11.0 Å². The van der Waals surface area contributed by atoms with Gasteiger partial charge in [-0.05, 0) is 27.2 Å². The van der Waals surface area contributed by atoms with Crippen molar-refractivity contribution in [2.45, 2.75) is 45.3 Å². The predicted octanol–water partition coefficient (Wildman–Crippen LogP) is 0.598. The van der Waals surface area contributed by atoms with Gasteiger partial charge in [0.1, 0.15) is 18.2 Å². The molecule has 0 aromatic carbocycles. The fourth-order valence-electron chi connectivity index (χ4n) is 1.78. The van der Waals surface area contributed by atoms with E-state index in [4.69, 9.17) is 4.74 Å². The van der Waals surface area contributed by atoms with E-state index in [9.17, 15) is 4.79 Å². The van der Waals surface area contributed by atoms with Gasteiger partial charge in [0.05, 0.1) is 7.11 Å². The summed E-state index contributed by atoms with van der Waals surface area (Å²) < 4.78 is 6.54. The van der Waals surface area contributed by atoms with Gasteiger partial charge in [-0.15, -0.1) is 0 Å². The maximum absolute atomic E-state index is 11.8. The Bertz CT molecular complexity index is 350. The molecule has 0 spiro atoms. The van der Waals surface area contributed by atoms with Gasteiger partial charge in [0, 0.05) is 12.6 Å². The van der Waals surface area contributed by atoms with Crippen molar-refractivity contribution in [3.8, 4) is 0 Å². The summed E-state index contributed by atoms with van der Waals surface area (Å²) in [7, 11) is 1.40. The number of carbonyl (C=O) groups excluding carboxylic acids is 1. The van der Waals surface area contributed by atoms with Crippen LogP contribution in [0.3, 0.4) is 0 Å². The number of methoxy groups -OCH3 is 1. The maximum atomic E-state index is 11.8. The summed E-state index contributed by atoms with van der Waals surface area (Å²) in [5.41, 5.74) is -0.700. The van der Waals surface area contributed by atoms with Crippen molar-refractivity contribution in [1.82, 2.24) is 20.1 Å². The van der Waals surface area contributed by atoms with E-state index in [2.05, 4.69) is 15.4 Å². The molecule has 1 N–H and O–H groups in total. The maximum Gasteiger partial charge on any atom is 0.325 e. The first-order valence-corrected chi connectivity index (χ1v) is 5.66. The van der Waals surface area contributed by atoms with Crippen LogP contribution in [-0.2, 0) is 16.1 Å². The normalized spacial score (nSPS) is 14.6. The molecule has 0 aliphatic carbocycles. The molecule has 1 atom stereocenters. The molecule has 17 heavy (non-hydrogen) atoms. The quantitative estimate of drug-likeness (QED) is 0.737. The number of nitrogens with one attached hydrogen (secondary N) is 1. The highest BCUT2D eigenvalue weighted by atomic mass is 16.5. The Balaban J connectivity index is 2.66. The van der Waals surface area contributed by atoms with Crippen LogP contribution in [0.15, 0.2) is 12.7 Å². The molecule has 96 valence electrons. The van der Waals surface area contributed by atoms with Crippen molar-refractivity contribution in [3.63, 3.8) is 0 Å². The molecular weight excluding hydrogens is 220 g/mol. The van der Waals surface area contributed by atoms with Crippen LogP contribution >= 0.6 is 0 Å². The summed E-state index contributed by atoms with van der Waals surface area (Å²) in [6.07, 6.45) is 3.71. The lowest BCUT2D eigenvalue weighted by atomic mass is 9.97. The SMILES string of the molecule is COC(=O)C(C)(CCn1cncn1)NC(C)C. The summed E-state index contributed by atoms with van der Waals surface area (Å²) in [6.45, 7) is 6.45. The second kappa shape index (κ2) is 5.77. The highest BCUT2D eigenvalue weighted by molar-refractivity contribution is 5.80. The van der Waals surface area contributed by atoms with Crippen molar-refractivity contribution in [2.24, 2.45) is 0 Å². The fourth-order valence-corrected chi connectivity index (χ4v) is 1.78. The molecule has 1 rings (SSSR count). The summed E-state index contributed by atoms with van der Waals surface area (Å²) in [5, 5.41) is 7.24. The number of hydrogen-bond acceptors (Lipinski definition) is 5. The molecule has 0 bridgehead atoms. The van der Waals surface area contributed by atoms with E-state index in [0.717, 1.165) is 0 Å². The van der Waals surface area contributed by atoms with E-state index in [1.807, 2.05) is 20.8 Å². The predicted molar refractivity (Wildman–Crippen MR) is 63.3 cm³/mol. The third-order valence-electron chi connectivity index (χ3n) is 2.55. The van der Waals surface area contributed by atoms with Gasteiger partial charge in [-0.25, -0.2) is 4.98 Å². The first kappa shape index (κ1) is 13.6. The van der Waals surface area contributed by atoms with Gasteiger partial charge in [-0.2, -0.15) is 5.10 Å². The number of esters is 1. The highest BCUT2D eigenvalue weighted by Crippen LogP contribution is 2.14. The lowest BCUT2D eigenvalue weighted by Gasteiger charge is -2.30. The second-order valence-corrected chi connectivity index (χ2v) is 4.53. The summed E-state index contributed by atoms with van der Waals surface area (Å²) in [6, 6.07) is 0.204. The van der Waals surface area contributed by atoms with Crippen LogP contribution in [0.25, 0.3) is 0 Å². The van der Waals surface area contributed by atoms with Gasteiger partial charge in [-0.3, -0.25) is 14.8 Å². The number of carbonyl (C=O) groups is 1. The van der Waals surface area contributed by atoms with Gasteiger partial charge in [-0.1, -0.05) is 0 Å². The van der Waals surface area contributed by atoms with E-state index in [0.29, 0.717) is 13.0 Å². The Hall–Kier alpha value is -1.43. The molecule has 0 aliphatic rings. The van der Waals surface area contributed by atoms with Gasteiger partial charge in [0.2, 0.25) is 0 Å². The summed E-state index contributed by atoms with van der Waals surface area (Å²) in [4.78, 5) is 15.7. The smallest absolute Gasteiger partial charge is 0.325 e. The Morgan fingerprint density at radius 2 is 2.29 bits per heavy atom. The minimum absolute atomic E-state index is 0.204. The lowest BCUT2D eigenvalue weighted by Crippen LogP contribution is -2.53. The number of ether oxygens (including phenoxy) is 1. The van der Waals surface area contributed by atoms with E-state index < -0.39 is 5.54 Å². The van der Waals surface area contributed by atoms with Crippen LogP contribution in [0, 0.1) is 0 Å². The van der Waals surface area contributed by atoms with Crippen LogP contribution < -0.4 is 5.32 Å². The number of hydrogen-bond donors (Lipinski definition) is 1. The first-order chi connectivity index (χ1) is 7.98. The van der Waals surface area contributed by atoms with Crippen LogP contribution in [0.5, 0.6) is 0 Å². The van der Waals surface area contributed by atoms with Gasteiger partial charge >= 0.3 is 5.97 Å². The van der Waals surface area contributed by atoms with Crippen molar-refractivity contribution in [1.29, 1.82) is 0 Å². The lowest BCUT2D eigenvalue weighted by molar-refractivity contribution is -0.148. The largest absolute Gasteiger partial charge is 0.468 e. The molecule has 0 saturated carbocycles. The Morgan fingerprint density at radius 3 is 2.76 bits per heavy atom. The molecule has 0 aliphatic heterocycles. The minimum Gasteiger partial charge on any atom is -0.468 e. The van der Waals surface area contributed by atoms with Crippen molar-refractivity contribution in [2.75, 3.05) is 7.11 Å².